The molecule has 28 heavy (non-hydrogen) atoms. The van der Waals surface area contributed by atoms with E-state index in [1.807, 2.05) is 36.4 Å². The number of ether oxygens (including phenoxy) is 3. The van der Waals surface area contributed by atoms with Crippen LogP contribution in [0.4, 0.5) is 0 Å². The molecule has 0 aromatic heterocycles. The molecule has 0 bridgehead atoms. The molecule has 1 unspecified atom stereocenters. The molecule has 0 N–H and O–H groups in total. The highest BCUT2D eigenvalue weighted by atomic mass is 28.3. The third kappa shape index (κ3) is 5.29. The fraction of sp³-hybridized carbons (Fsp3) is 0.409. The average molecular weight is 401 g/mol. The minimum atomic E-state index is -1.98. The maximum absolute atomic E-state index is 11.2. The van der Waals surface area contributed by atoms with Gasteiger partial charge in [0.2, 0.25) is 15.3 Å². The van der Waals surface area contributed by atoms with E-state index in [0.29, 0.717) is 0 Å². The second-order valence-electron chi connectivity index (χ2n) is 8.00. The molecule has 0 aliphatic carbocycles. The van der Waals surface area contributed by atoms with Crippen molar-refractivity contribution in [1.29, 1.82) is 0 Å². The van der Waals surface area contributed by atoms with Crippen LogP contribution in [-0.2, 0) is 23.4 Å². The van der Waals surface area contributed by atoms with Crippen LogP contribution in [0, 0.1) is 5.41 Å². The average Bonchev–Trinajstić information content (AvgIpc) is 3.10. The molecule has 0 saturated carbocycles. The van der Waals surface area contributed by atoms with E-state index in [0.717, 1.165) is 0 Å². The van der Waals surface area contributed by atoms with Crippen molar-refractivity contribution in [1.82, 2.24) is 0 Å². The monoisotopic (exact) mass is 400 g/mol. The van der Waals surface area contributed by atoms with Crippen LogP contribution in [0.5, 0.6) is 0 Å². The Hall–Kier alpha value is -1.99. The number of benzene rings is 2. The van der Waals surface area contributed by atoms with Gasteiger partial charge in [0.15, 0.2) is 6.29 Å². The van der Waals surface area contributed by atoms with Gasteiger partial charge in [0.25, 0.3) is 0 Å². The zero-order valence-electron chi connectivity index (χ0n) is 16.8. The molecule has 0 radical (unpaired) electrons. The molecule has 6 heteroatoms. The van der Waals surface area contributed by atoms with Crippen LogP contribution >= 0.6 is 0 Å². The summed E-state index contributed by atoms with van der Waals surface area (Å²) >= 11 is 0. The van der Waals surface area contributed by atoms with E-state index in [9.17, 15) is 4.79 Å². The summed E-state index contributed by atoms with van der Waals surface area (Å²) in [5, 5.41) is 2.38. The molecular weight excluding hydrogens is 372 g/mol. The topological polar surface area (TPSA) is 54.0 Å². The molecule has 5 nitrogen and oxygen atoms in total. The molecule has 1 aliphatic rings. The highest BCUT2D eigenvalue weighted by Crippen LogP contribution is 2.31. The molecule has 1 aliphatic heterocycles. The van der Waals surface area contributed by atoms with Gasteiger partial charge in [0.1, 0.15) is 12.7 Å². The molecule has 2 aromatic rings. The van der Waals surface area contributed by atoms with Gasteiger partial charge in [-0.3, -0.25) is 4.79 Å². The van der Waals surface area contributed by atoms with E-state index in [-0.39, 0.29) is 24.1 Å². The van der Waals surface area contributed by atoms with Crippen molar-refractivity contribution in [2.75, 3.05) is 6.61 Å². The lowest BCUT2D eigenvalue weighted by Gasteiger charge is -2.37. The fourth-order valence-corrected chi connectivity index (χ4v) is 5.91. The molecule has 2 aromatic carbocycles. The minimum Gasteiger partial charge on any atom is -0.433 e. The molecule has 150 valence electrons. The van der Waals surface area contributed by atoms with Crippen LogP contribution in [0.15, 0.2) is 60.7 Å². The maximum atomic E-state index is 11.2. The van der Waals surface area contributed by atoms with Gasteiger partial charge in [0, 0.05) is 6.92 Å². The quantitative estimate of drug-likeness (QED) is 0.550. The van der Waals surface area contributed by atoms with Crippen LogP contribution in [0.3, 0.4) is 0 Å². The lowest BCUT2D eigenvalue weighted by molar-refractivity contribution is -0.195. The Bertz CT molecular complexity index is 720. The van der Waals surface area contributed by atoms with Gasteiger partial charge in [-0.15, -0.1) is 0 Å². The van der Waals surface area contributed by atoms with Gasteiger partial charge in [-0.2, -0.15) is 0 Å². The van der Waals surface area contributed by atoms with Gasteiger partial charge in [-0.1, -0.05) is 81.4 Å². The number of carbonyl (C=O) groups excluding carboxylic acids is 1. The van der Waals surface area contributed by atoms with Gasteiger partial charge in [0.05, 0.1) is 0 Å². The summed E-state index contributed by atoms with van der Waals surface area (Å²) in [6.45, 7) is 7.88. The molecule has 3 atom stereocenters. The first kappa shape index (κ1) is 20.7. The van der Waals surface area contributed by atoms with E-state index in [1.54, 1.807) is 0 Å². The molecule has 1 fully saturated rings. The van der Waals surface area contributed by atoms with Gasteiger partial charge < -0.3 is 18.6 Å². The van der Waals surface area contributed by atoms with Crippen LogP contribution < -0.4 is 10.4 Å². The Morgan fingerprint density at radius 3 is 2.04 bits per heavy atom. The van der Waals surface area contributed by atoms with Crippen LogP contribution in [0.2, 0.25) is 0 Å². The first-order valence-corrected chi connectivity index (χ1v) is 11.2. The first-order valence-electron chi connectivity index (χ1n) is 9.54. The molecule has 0 spiro atoms. The van der Waals surface area contributed by atoms with Crippen LogP contribution in [0.1, 0.15) is 27.7 Å². The van der Waals surface area contributed by atoms with Gasteiger partial charge >= 0.3 is 5.97 Å². The Kier molecular flexibility index (Phi) is 6.67. The first-order chi connectivity index (χ1) is 13.3. The largest absolute Gasteiger partial charge is 0.433 e. The summed E-state index contributed by atoms with van der Waals surface area (Å²) in [6, 6.07) is 20.6. The van der Waals surface area contributed by atoms with Crippen molar-refractivity contribution in [2.45, 2.75) is 46.4 Å². The summed E-state index contributed by atoms with van der Waals surface area (Å²) in [7, 11) is -1.98. The summed E-state index contributed by atoms with van der Waals surface area (Å²) in [5.41, 5.74) is -0.232. The SMILES string of the molecule is CC(=O)O[C@H]1CO[C@@H](C(O[SiH](c2ccccc2)c2ccccc2)C(C)(C)C)O1. The number of rotatable bonds is 6. The number of hydrogen-bond donors (Lipinski definition) is 0. The second-order valence-corrected chi connectivity index (χ2v) is 10.4. The number of carbonyl (C=O) groups is 1. The lowest BCUT2D eigenvalue weighted by atomic mass is 9.89. The summed E-state index contributed by atoms with van der Waals surface area (Å²) in [6.07, 6.45) is -1.60. The second kappa shape index (κ2) is 9.00. The standard InChI is InChI=1S/C22H28O5Si/c1-16(23)25-19-15-24-21(26-19)20(22(2,3)4)27-28(17-11-7-5-8-12-17)18-13-9-6-10-14-18/h5-14,19-21,28H,15H2,1-4H3/t19-,20?,21-/m1/s1. The number of esters is 1. The van der Waals surface area contributed by atoms with Crippen molar-refractivity contribution in [3.8, 4) is 0 Å². The van der Waals surface area contributed by atoms with Crippen molar-refractivity contribution >= 4 is 25.4 Å². The maximum Gasteiger partial charge on any atom is 0.305 e. The normalized spacial score (nSPS) is 20.9. The fourth-order valence-electron chi connectivity index (χ4n) is 3.24. The highest BCUT2D eigenvalue weighted by Gasteiger charge is 2.42. The predicted molar refractivity (Wildman–Crippen MR) is 110 cm³/mol. The van der Waals surface area contributed by atoms with E-state index < -0.39 is 21.6 Å². The molecule has 0 amide bonds. The summed E-state index contributed by atoms with van der Waals surface area (Å²) < 4.78 is 23.6. The zero-order valence-corrected chi connectivity index (χ0v) is 18.0. The van der Waals surface area contributed by atoms with Crippen LogP contribution in [-0.4, -0.2) is 40.3 Å². The zero-order chi connectivity index (χ0) is 20.1. The van der Waals surface area contributed by atoms with Crippen LogP contribution in [0.25, 0.3) is 0 Å². The van der Waals surface area contributed by atoms with E-state index in [4.69, 9.17) is 18.6 Å². The smallest absolute Gasteiger partial charge is 0.305 e. The highest BCUT2D eigenvalue weighted by molar-refractivity contribution is 6.80. The molecular formula is C22H28O5Si. The molecule has 1 heterocycles. The number of hydrogen-bond acceptors (Lipinski definition) is 5. The lowest BCUT2D eigenvalue weighted by Crippen LogP contribution is -2.53. The van der Waals surface area contributed by atoms with Gasteiger partial charge in [-0.25, -0.2) is 0 Å². The predicted octanol–water partition coefficient (Wildman–Crippen LogP) is 2.22. The van der Waals surface area contributed by atoms with E-state index >= 15 is 0 Å². The Morgan fingerprint density at radius 1 is 1.04 bits per heavy atom. The Labute approximate surface area is 168 Å². The van der Waals surface area contributed by atoms with Crippen molar-refractivity contribution in [2.24, 2.45) is 5.41 Å². The van der Waals surface area contributed by atoms with E-state index in [1.165, 1.54) is 17.3 Å². The van der Waals surface area contributed by atoms with Crippen molar-refractivity contribution < 1.29 is 23.4 Å². The third-order valence-corrected chi connectivity index (χ3v) is 7.11. The Balaban J connectivity index is 1.86. The van der Waals surface area contributed by atoms with E-state index in [2.05, 4.69) is 45.0 Å². The Morgan fingerprint density at radius 2 is 1.57 bits per heavy atom. The molecule has 1 saturated heterocycles. The minimum absolute atomic E-state index is 0.211. The molecule has 3 rings (SSSR count). The van der Waals surface area contributed by atoms with Crippen molar-refractivity contribution in [3.63, 3.8) is 0 Å². The van der Waals surface area contributed by atoms with Gasteiger partial charge in [-0.05, 0) is 15.8 Å². The van der Waals surface area contributed by atoms with Crippen molar-refractivity contribution in [3.05, 3.63) is 60.7 Å². The summed E-state index contributed by atoms with van der Waals surface area (Å²) in [4.78, 5) is 11.2. The summed E-state index contributed by atoms with van der Waals surface area (Å²) in [5.74, 6) is -0.386. The third-order valence-electron chi connectivity index (χ3n) is 4.57.